The molecule has 1 N–H and O–H groups in total. The summed E-state index contributed by atoms with van der Waals surface area (Å²) in [4.78, 5) is 23.2. The molecule has 1 aliphatic heterocycles. The fraction of sp³-hybridized carbons (Fsp3) is 0.643. The largest absolute Gasteiger partial charge is 0.383 e. The Morgan fingerprint density at radius 2 is 1.77 bits per heavy atom. The maximum atomic E-state index is 14.2. The Balaban J connectivity index is 1.63. The maximum absolute atomic E-state index is 14.2. The summed E-state index contributed by atoms with van der Waals surface area (Å²) in [5, 5.41) is 9.84. The van der Waals surface area contributed by atoms with Crippen molar-refractivity contribution in [3.8, 4) is 0 Å². The molecular formula is C14H18F2N4O2. The zero-order valence-electron chi connectivity index (χ0n) is 12.1. The van der Waals surface area contributed by atoms with Crippen LogP contribution in [-0.2, 0) is 4.79 Å². The third kappa shape index (κ3) is 2.41. The van der Waals surface area contributed by atoms with Crippen molar-refractivity contribution in [2.75, 3.05) is 31.1 Å². The highest BCUT2D eigenvalue weighted by molar-refractivity contribution is 5.85. The maximum Gasteiger partial charge on any atom is 0.352 e. The van der Waals surface area contributed by atoms with Gasteiger partial charge in [-0.25, -0.2) is 9.97 Å². The predicted octanol–water partition coefficient (Wildman–Crippen LogP) is 0.675. The van der Waals surface area contributed by atoms with Gasteiger partial charge in [0.15, 0.2) is 0 Å². The zero-order valence-corrected chi connectivity index (χ0v) is 12.1. The highest BCUT2D eigenvalue weighted by atomic mass is 19.3. The molecule has 2 heterocycles. The molecule has 0 aromatic carbocycles. The molecule has 1 aliphatic carbocycles. The SMILES string of the molecule is O=C(N1CCN(c2ncccn2)CC1)C(F)(F)C1(O)CCC1. The van der Waals surface area contributed by atoms with E-state index in [2.05, 4.69) is 9.97 Å². The van der Waals surface area contributed by atoms with Gasteiger partial charge in [-0.2, -0.15) is 8.78 Å². The molecule has 0 unspecified atom stereocenters. The van der Waals surface area contributed by atoms with Crippen LogP contribution in [0.1, 0.15) is 19.3 Å². The van der Waals surface area contributed by atoms with Gasteiger partial charge in [0.05, 0.1) is 0 Å². The second-order valence-electron chi connectivity index (χ2n) is 5.79. The van der Waals surface area contributed by atoms with Gasteiger partial charge in [-0.15, -0.1) is 0 Å². The van der Waals surface area contributed by atoms with E-state index in [1.807, 2.05) is 4.90 Å². The molecule has 1 aromatic rings. The van der Waals surface area contributed by atoms with Gasteiger partial charge >= 0.3 is 5.92 Å². The fourth-order valence-electron chi connectivity index (χ4n) is 2.79. The average Bonchev–Trinajstić information content (AvgIpc) is 2.52. The number of rotatable bonds is 3. The number of nitrogens with zero attached hydrogens (tertiary/aromatic N) is 4. The molecule has 1 amide bonds. The number of hydrogen-bond donors (Lipinski definition) is 1. The van der Waals surface area contributed by atoms with Crippen LogP contribution in [0.5, 0.6) is 0 Å². The van der Waals surface area contributed by atoms with E-state index in [1.165, 1.54) is 0 Å². The Kier molecular flexibility index (Phi) is 3.72. The Hall–Kier alpha value is -1.83. The number of aromatic nitrogens is 2. The topological polar surface area (TPSA) is 69.6 Å². The zero-order chi connectivity index (χ0) is 15.8. The first-order valence-electron chi connectivity index (χ1n) is 7.36. The summed E-state index contributed by atoms with van der Waals surface area (Å²) in [5.41, 5.74) is -2.16. The smallest absolute Gasteiger partial charge is 0.352 e. The second kappa shape index (κ2) is 5.42. The molecule has 1 saturated carbocycles. The van der Waals surface area contributed by atoms with E-state index < -0.39 is 17.4 Å². The predicted molar refractivity (Wildman–Crippen MR) is 74.6 cm³/mol. The van der Waals surface area contributed by atoms with Gasteiger partial charge in [0.25, 0.3) is 5.91 Å². The van der Waals surface area contributed by atoms with Crippen LogP contribution in [0.2, 0.25) is 0 Å². The summed E-state index contributed by atoms with van der Waals surface area (Å²) in [6.45, 7) is 1.13. The lowest BCUT2D eigenvalue weighted by Gasteiger charge is -2.44. The Bertz CT molecular complexity index is 543. The van der Waals surface area contributed by atoms with Crippen LogP contribution in [-0.4, -0.2) is 63.6 Å². The third-order valence-corrected chi connectivity index (χ3v) is 4.44. The number of aliphatic hydroxyl groups is 1. The van der Waals surface area contributed by atoms with E-state index in [4.69, 9.17) is 0 Å². The number of carbonyl (C=O) groups is 1. The number of alkyl halides is 2. The number of carbonyl (C=O) groups excluding carboxylic acids is 1. The van der Waals surface area contributed by atoms with Crippen LogP contribution >= 0.6 is 0 Å². The molecule has 0 radical (unpaired) electrons. The lowest BCUT2D eigenvalue weighted by molar-refractivity contribution is -0.223. The third-order valence-electron chi connectivity index (χ3n) is 4.44. The molecular weight excluding hydrogens is 294 g/mol. The first-order valence-corrected chi connectivity index (χ1v) is 7.36. The molecule has 3 rings (SSSR count). The van der Waals surface area contributed by atoms with Crippen molar-refractivity contribution in [3.63, 3.8) is 0 Å². The fourth-order valence-corrected chi connectivity index (χ4v) is 2.79. The van der Waals surface area contributed by atoms with Crippen LogP contribution in [0.4, 0.5) is 14.7 Å². The molecule has 0 spiro atoms. The molecule has 22 heavy (non-hydrogen) atoms. The van der Waals surface area contributed by atoms with Gasteiger partial charge in [0.1, 0.15) is 5.60 Å². The average molecular weight is 312 g/mol. The summed E-state index contributed by atoms with van der Waals surface area (Å²) in [5.74, 6) is -4.46. The van der Waals surface area contributed by atoms with E-state index in [1.54, 1.807) is 18.5 Å². The first kappa shape index (κ1) is 15.1. The van der Waals surface area contributed by atoms with E-state index in [-0.39, 0.29) is 25.9 Å². The van der Waals surface area contributed by atoms with Crippen molar-refractivity contribution < 1.29 is 18.7 Å². The number of anilines is 1. The normalized spacial score (nSPS) is 21.4. The van der Waals surface area contributed by atoms with E-state index in [0.29, 0.717) is 25.5 Å². The van der Waals surface area contributed by atoms with Crippen LogP contribution < -0.4 is 4.90 Å². The summed E-state index contributed by atoms with van der Waals surface area (Å²) >= 11 is 0. The van der Waals surface area contributed by atoms with Crippen molar-refractivity contribution in [2.24, 2.45) is 0 Å². The molecule has 2 aliphatic rings. The molecule has 120 valence electrons. The molecule has 0 bridgehead atoms. The van der Waals surface area contributed by atoms with Crippen molar-refractivity contribution in [3.05, 3.63) is 18.5 Å². The number of halogens is 2. The highest BCUT2D eigenvalue weighted by Gasteiger charge is 2.62. The van der Waals surface area contributed by atoms with Crippen LogP contribution in [0.25, 0.3) is 0 Å². The summed E-state index contributed by atoms with van der Waals surface area (Å²) < 4.78 is 28.3. The van der Waals surface area contributed by atoms with Crippen molar-refractivity contribution >= 4 is 11.9 Å². The number of piperazine rings is 1. The Morgan fingerprint density at radius 1 is 1.18 bits per heavy atom. The first-order chi connectivity index (χ1) is 10.4. The van der Waals surface area contributed by atoms with E-state index in [0.717, 1.165) is 4.90 Å². The summed E-state index contributed by atoms with van der Waals surface area (Å²) in [7, 11) is 0. The van der Waals surface area contributed by atoms with Crippen molar-refractivity contribution in [1.82, 2.24) is 14.9 Å². The van der Waals surface area contributed by atoms with E-state index >= 15 is 0 Å². The lowest BCUT2D eigenvalue weighted by atomic mass is 9.75. The molecule has 1 saturated heterocycles. The molecule has 0 atom stereocenters. The molecule has 6 nitrogen and oxygen atoms in total. The van der Waals surface area contributed by atoms with E-state index in [9.17, 15) is 18.7 Å². The minimum atomic E-state index is -3.71. The second-order valence-corrected chi connectivity index (χ2v) is 5.79. The molecule has 2 fully saturated rings. The van der Waals surface area contributed by atoms with Crippen molar-refractivity contribution in [2.45, 2.75) is 30.8 Å². The summed E-state index contributed by atoms with van der Waals surface area (Å²) in [6.07, 6.45) is 3.70. The van der Waals surface area contributed by atoms with Gasteiger partial charge in [0, 0.05) is 38.6 Å². The van der Waals surface area contributed by atoms with Crippen LogP contribution in [0, 0.1) is 0 Å². The molecule has 8 heteroatoms. The monoisotopic (exact) mass is 312 g/mol. The van der Waals surface area contributed by atoms with Gasteiger partial charge < -0.3 is 14.9 Å². The molecule has 1 aromatic heterocycles. The van der Waals surface area contributed by atoms with Gasteiger partial charge in [-0.3, -0.25) is 4.79 Å². The minimum Gasteiger partial charge on any atom is -0.383 e. The lowest BCUT2D eigenvalue weighted by Crippen LogP contribution is -2.63. The van der Waals surface area contributed by atoms with Crippen molar-refractivity contribution in [1.29, 1.82) is 0 Å². The minimum absolute atomic E-state index is 0.0242. The highest BCUT2D eigenvalue weighted by Crippen LogP contribution is 2.45. The standard InChI is InChI=1S/C14H18F2N4O2/c15-14(16,13(22)3-1-4-13)11(21)19-7-9-20(10-8-19)12-17-5-2-6-18-12/h2,5-6,22H,1,3-4,7-10H2. The summed E-state index contributed by atoms with van der Waals surface area (Å²) in [6, 6.07) is 1.70. The quantitative estimate of drug-likeness (QED) is 0.889. The Morgan fingerprint density at radius 3 is 2.27 bits per heavy atom. The number of hydrogen-bond acceptors (Lipinski definition) is 5. The number of amides is 1. The van der Waals surface area contributed by atoms with Gasteiger partial charge in [0.2, 0.25) is 5.95 Å². The van der Waals surface area contributed by atoms with Crippen LogP contribution in [0.3, 0.4) is 0 Å². The van der Waals surface area contributed by atoms with Crippen LogP contribution in [0.15, 0.2) is 18.5 Å². The van der Waals surface area contributed by atoms with Gasteiger partial charge in [-0.05, 0) is 25.3 Å². The van der Waals surface area contributed by atoms with Gasteiger partial charge in [-0.1, -0.05) is 0 Å². The Labute approximate surface area is 126 Å².